The molecule has 0 saturated heterocycles. The van der Waals surface area contributed by atoms with Crippen LogP contribution in [0.4, 0.5) is 13.2 Å². The van der Waals surface area contributed by atoms with Gasteiger partial charge >= 0.3 is 6.61 Å². The Morgan fingerprint density at radius 3 is 2.81 bits per heavy atom. The summed E-state index contributed by atoms with van der Waals surface area (Å²) in [4.78, 5) is 0. The van der Waals surface area contributed by atoms with Crippen LogP contribution < -0.4 is 4.74 Å². The first-order valence-corrected chi connectivity index (χ1v) is 4.42. The zero-order valence-corrected chi connectivity index (χ0v) is 8.16. The van der Waals surface area contributed by atoms with E-state index in [-0.39, 0.29) is 17.7 Å². The molecule has 0 atom stereocenters. The molecule has 0 fully saturated rings. The summed E-state index contributed by atoms with van der Waals surface area (Å²) in [6, 6.07) is 5.46. The van der Waals surface area contributed by atoms with Gasteiger partial charge in [0.05, 0.1) is 18.1 Å². The molecular weight excluding hydrogens is 219 g/mol. The average Bonchev–Trinajstić information content (AvgIpc) is 2.21. The van der Waals surface area contributed by atoms with E-state index in [4.69, 9.17) is 5.26 Å². The number of halogens is 3. The van der Waals surface area contributed by atoms with Gasteiger partial charge in [-0.3, -0.25) is 0 Å². The van der Waals surface area contributed by atoms with Gasteiger partial charge in [0.15, 0.2) is 0 Å². The fourth-order valence-corrected chi connectivity index (χ4v) is 1.11. The predicted octanol–water partition coefficient (Wildman–Crippen LogP) is 3.35. The molecule has 2 nitrogen and oxygen atoms in total. The van der Waals surface area contributed by atoms with Crippen molar-refractivity contribution in [1.82, 2.24) is 0 Å². The quantitative estimate of drug-likeness (QED) is 0.790. The highest BCUT2D eigenvalue weighted by Gasteiger charge is 2.10. The minimum absolute atomic E-state index is 0.0719. The Balaban J connectivity index is 2.99. The standard InChI is InChI=1S/C11H8F3NO/c12-9-5-3-6-10(16-11(13)14)8(9)4-1-2-7-15/h1,3-6,11H,2H2. The van der Waals surface area contributed by atoms with Crippen LogP contribution in [0.3, 0.4) is 0 Å². The molecule has 0 heterocycles. The molecule has 0 aliphatic rings. The second kappa shape index (κ2) is 5.81. The number of benzene rings is 1. The van der Waals surface area contributed by atoms with Crippen LogP contribution in [0.1, 0.15) is 12.0 Å². The Morgan fingerprint density at radius 2 is 2.19 bits per heavy atom. The van der Waals surface area contributed by atoms with Crippen LogP contribution in [0.25, 0.3) is 6.08 Å². The lowest BCUT2D eigenvalue weighted by molar-refractivity contribution is -0.0501. The molecule has 0 bridgehead atoms. The normalized spacial score (nSPS) is 10.7. The van der Waals surface area contributed by atoms with Gasteiger partial charge in [0, 0.05) is 0 Å². The van der Waals surface area contributed by atoms with Crippen molar-refractivity contribution in [3.8, 4) is 11.8 Å². The van der Waals surface area contributed by atoms with Crippen LogP contribution in [0.2, 0.25) is 0 Å². The Morgan fingerprint density at radius 1 is 1.44 bits per heavy atom. The highest BCUT2D eigenvalue weighted by atomic mass is 19.3. The van der Waals surface area contributed by atoms with E-state index < -0.39 is 12.4 Å². The number of allylic oxidation sites excluding steroid dienone is 1. The van der Waals surface area contributed by atoms with Gasteiger partial charge in [0.25, 0.3) is 0 Å². The molecule has 16 heavy (non-hydrogen) atoms. The monoisotopic (exact) mass is 227 g/mol. The van der Waals surface area contributed by atoms with Crippen LogP contribution in [-0.2, 0) is 0 Å². The first kappa shape index (κ1) is 12.1. The molecule has 1 rings (SSSR count). The molecule has 0 spiro atoms. The van der Waals surface area contributed by atoms with E-state index in [2.05, 4.69) is 4.74 Å². The number of alkyl halides is 2. The van der Waals surface area contributed by atoms with Gasteiger partial charge in [0.2, 0.25) is 0 Å². The van der Waals surface area contributed by atoms with Gasteiger partial charge < -0.3 is 4.74 Å². The van der Waals surface area contributed by atoms with Gasteiger partial charge in [-0.1, -0.05) is 18.2 Å². The van der Waals surface area contributed by atoms with Gasteiger partial charge in [0.1, 0.15) is 11.6 Å². The summed E-state index contributed by atoms with van der Waals surface area (Å²) < 4.78 is 41.4. The van der Waals surface area contributed by atoms with Gasteiger partial charge in [-0.2, -0.15) is 14.0 Å². The van der Waals surface area contributed by atoms with Crippen LogP contribution in [0.15, 0.2) is 24.3 Å². The van der Waals surface area contributed by atoms with E-state index in [1.165, 1.54) is 24.3 Å². The molecule has 0 aliphatic carbocycles. The number of rotatable bonds is 4. The molecule has 5 heteroatoms. The number of hydrogen-bond acceptors (Lipinski definition) is 2. The van der Waals surface area contributed by atoms with Crippen LogP contribution in [-0.4, -0.2) is 6.61 Å². The third-order valence-electron chi connectivity index (χ3n) is 1.72. The molecule has 0 aromatic heterocycles. The first-order valence-electron chi connectivity index (χ1n) is 4.42. The van der Waals surface area contributed by atoms with Crippen molar-refractivity contribution in [3.63, 3.8) is 0 Å². The van der Waals surface area contributed by atoms with Crippen LogP contribution in [0, 0.1) is 17.1 Å². The number of nitriles is 1. The van der Waals surface area contributed by atoms with Crippen molar-refractivity contribution < 1.29 is 17.9 Å². The highest BCUT2D eigenvalue weighted by Crippen LogP contribution is 2.24. The van der Waals surface area contributed by atoms with Gasteiger partial charge in [-0.15, -0.1) is 0 Å². The Kier molecular flexibility index (Phi) is 4.40. The maximum absolute atomic E-state index is 13.3. The minimum Gasteiger partial charge on any atom is -0.434 e. The summed E-state index contributed by atoms with van der Waals surface area (Å²) in [5, 5.41) is 8.28. The van der Waals surface area contributed by atoms with E-state index in [1.54, 1.807) is 0 Å². The second-order valence-electron chi connectivity index (χ2n) is 2.79. The fraction of sp³-hybridized carbons (Fsp3) is 0.182. The summed E-state index contributed by atoms with van der Waals surface area (Å²) >= 11 is 0. The summed E-state index contributed by atoms with van der Waals surface area (Å²) in [7, 11) is 0. The molecule has 1 aromatic carbocycles. The molecule has 0 unspecified atom stereocenters. The van der Waals surface area contributed by atoms with Crippen LogP contribution in [0.5, 0.6) is 5.75 Å². The van der Waals surface area contributed by atoms with Crippen molar-refractivity contribution in [3.05, 3.63) is 35.7 Å². The Labute approximate surface area is 90.6 Å². The maximum atomic E-state index is 13.3. The van der Waals surface area contributed by atoms with Crippen molar-refractivity contribution in [2.24, 2.45) is 0 Å². The predicted molar refractivity (Wildman–Crippen MR) is 52.3 cm³/mol. The third kappa shape index (κ3) is 3.31. The zero-order chi connectivity index (χ0) is 12.0. The van der Waals surface area contributed by atoms with Crippen molar-refractivity contribution >= 4 is 6.08 Å². The summed E-state index contributed by atoms with van der Waals surface area (Å²) in [5.41, 5.74) is -0.0851. The van der Waals surface area contributed by atoms with Crippen molar-refractivity contribution in [1.29, 1.82) is 5.26 Å². The van der Waals surface area contributed by atoms with E-state index in [0.29, 0.717) is 0 Å². The lowest BCUT2D eigenvalue weighted by Gasteiger charge is -2.08. The Bertz CT molecular complexity index is 424. The molecule has 0 aliphatic heterocycles. The third-order valence-corrected chi connectivity index (χ3v) is 1.72. The summed E-state index contributed by atoms with van der Waals surface area (Å²) in [6.07, 6.45) is 2.69. The summed E-state index contributed by atoms with van der Waals surface area (Å²) in [5.74, 6) is -0.920. The van der Waals surface area contributed by atoms with E-state index in [9.17, 15) is 13.2 Å². The highest BCUT2D eigenvalue weighted by molar-refractivity contribution is 5.58. The molecule has 0 radical (unpaired) electrons. The van der Waals surface area contributed by atoms with Crippen molar-refractivity contribution in [2.75, 3.05) is 0 Å². The Hall–Kier alpha value is -1.96. The van der Waals surface area contributed by atoms with Crippen molar-refractivity contribution in [2.45, 2.75) is 13.0 Å². The molecule has 0 N–H and O–H groups in total. The van der Waals surface area contributed by atoms with E-state index in [0.717, 1.165) is 6.07 Å². The van der Waals surface area contributed by atoms with E-state index >= 15 is 0 Å². The molecule has 0 saturated carbocycles. The minimum atomic E-state index is -3.01. The first-order chi connectivity index (χ1) is 7.65. The SMILES string of the molecule is N#CCC=Cc1c(F)cccc1OC(F)F. The number of nitrogens with zero attached hydrogens (tertiary/aromatic N) is 1. The largest absolute Gasteiger partial charge is 0.434 e. The number of ether oxygens (including phenoxy) is 1. The molecule has 1 aromatic rings. The topological polar surface area (TPSA) is 33.0 Å². The smallest absolute Gasteiger partial charge is 0.387 e. The van der Waals surface area contributed by atoms with Gasteiger partial charge in [-0.25, -0.2) is 4.39 Å². The molecule has 84 valence electrons. The lowest BCUT2D eigenvalue weighted by atomic mass is 10.1. The lowest BCUT2D eigenvalue weighted by Crippen LogP contribution is -2.04. The van der Waals surface area contributed by atoms with Gasteiger partial charge in [-0.05, 0) is 12.1 Å². The molecule has 0 amide bonds. The summed E-state index contributed by atoms with van der Waals surface area (Å²) in [6.45, 7) is -3.01. The van der Waals surface area contributed by atoms with E-state index in [1.807, 2.05) is 6.07 Å². The second-order valence-corrected chi connectivity index (χ2v) is 2.79. The average molecular weight is 227 g/mol. The maximum Gasteiger partial charge on any atom is 0.387 e. The van der Waals surface area contributed by atoms with Crippen LogP contribution >= 0.6 is 0 Å². The fourth-order valence-electron chi connectivity index (χ4n) is 1.11. The number of hydrogen-bond donors (Lipinski definition) is 0. The zero-order valence-electron chi connectivity index (χ0n) is 8.16. The molecular formula is C11H8F3NO.